The molecular weight excluding hydrogens is 250 g/mol. The van der Waals surface area contributed by atoms with Gasteiger partial charge in [0.1, 0.15) is 11.6 Å². The first kappa shape index (κ1) is 13.5. The molecule has 0 saturated heterocycles. The Morgan fingerprint density at radius 2 is 2.19 bits per heavy atom. The fraction of sp³-hybridized carbons (Fsp3) is 0.417. The molecule has 4 heteroatoms. The zero-order valence-electron chi connectivity index (χ0n) is 8.97. The third kappa shape index (κ3) is 3.46. The van der Waals surface area contributed by atoms with E-state index in [2.05, 4.69) is 0 Å². The highest BCUT2D eigenvalue weighted by molar-refractivity contribution is 6.30. The first-order valence-electron chi connectivity index (χ1n) is 5.05. The van der Waals surface area contributed by atoms with Gasteiger partial charge in [0.25, 0.3) is 0 Å². The van der Waals surface area contributed by atoms with Crippen LogP contribution in [0.3, 0.4) is 0 Å². The molecule has 0 fully saturated rings. The van der Waals surface area contributed by atoms with Crippen molar-refractivity contribution < 1.29 is 9.18 Å². The highest BCUT2D eigenvalue weighted by atomic mass is 35.5. The van der Waals surface area contributed by atoms with Crippen LogP contribution in [-0.2, 0) is 11.2 Å². The quantitative estimate of drug-likeness (QED) is 0.737. The smallest absolute Gasteiger partial charge is 0.144 e. The second-order valence-electron chi connectivity index (χ2n) is 3.70. The van der Waals surface area contributed by atoms with Crippen molar-refractivity contribution in [1.82, 2.24) is 0 Å². The highest BCUT2D eigenvalue weighted by Crippen LogP contribution is 2.22. The minimum absolute atomic E-state index is 0.0278. The van der Waals surface area contributed by atoms with Crippen molar-refractivity contribution in [2.24, 2.45) is 5.92 Å². The summed E-state index contributed by atoms with van der Waals surface area (Å²) in [6, 6.07) is 4.81. The van der Waals surface area contributed by atoms with Crippen molar-refractivity contribution in [3.63, 3.8) is 0 Å². The highest BCUT2D eigenvalue weighted by Gasteiger charge is 2.17. The van der Waals surface area contributed by atoms with Gasteiger partial charge in [-0.3, -0.25) is 4.79 Å². The number of hydrogen-bond donors (Lipinski definition) is 0. The van der Waals surface area contributed by atoms with Crippen LogP contribution in [0, 0.1) is 11.7 Å². The number of rotatable bonds is 5. The van der Waals surface area contributed by atoms with Gasteiger partial charge < -0.3 is 0 Å². The largest absolute Gasteiger partial charge is 0.300 e. The Labute approximate surface area is 105 Å². The fourth-order valence-electron chi connectivity index (χ4n) is 1.55. The van der Waals surface area contributed by atoms with E-state index < -0.39 is 5.82 Å². The Balaban J connectivity index is 2.85. The molecule has 0 bridgehead atoms. The lowest BCUT2D eigenvalue weighted by atomic mass is 9.93. The summed E-state index contributed by atoms with van der Waals surface area (Å²) in [5.74, 6) is -0.248. The monoisotopic (exact) mass is 262 g/mol. The number of carbonyl (C=O) groups excluding carboxylic acids is 1. The number of hydrogen-bond acceptors (Lipinski definition) is 1. The van der Waals surface area contributed by atoms with Gasteiger partial charge in [-0.2, -0.15) is 0 Å². The lowest BCUT2D eigenvalue weighted by Crippen LogP contribution is -2.15. The second kappa shape index (κ2) is 6.21. The molecule has 1 rings (SSSR count). The molecule has 1 aromatic rings. The van der Waals surface area contributed by atoms with Crippen LogP contribution in [0.1, 0.15) is 18.9 Å². The van der Waals surface area contributed by atoms with Gasteiger partial charge in [0.2, 0.25) is 0 Å². The summed E-state index contributed by atoms with van der Waals surface area (Å²) in [6.45, 7) is 1.50. The van der Waals surface area contributed by atoms with Crippen molar-refractivity contribution in [3.8, 4) is 0 Å². The number of ketones is 1. The number of carbonyl (C=O) groups is 1. The molecule has 0 heterocycles. The number of benzene rings is 1. The number of Topliss-reactive ketones (excluding diaryl/α,β-unsaturated/α-hetero) is 1. The maximum absolute atomic E-state index is 13.6. The van der Waals surface area contributed by atoms with E-state index in [-0.39, 0.29) is 16.7 Å². The van der Waals surface area contributed by atoms with E-state index in [1.54, 1.807) is 12.1 Å². The summed E-state index contributed by atoms with van der Waals surface area (Å²) in [4.78, 5) is 11.3. The zero-order chi connectivity index (χ0) is 12.1. The van der Waals surface area contributed by atoms with Gasteiger partial charge in [-0.1, -0.05) is 23.7 Å². The van der Waals surface area contributed by atoms with Gasteiger partial charge in [-0.15, -0.1) is 11.6 Å². The maximum atomic E-state index is 13.6. The normalized spacial score (nSPS) is 12.5. The minimum atomic E-state index is -0.440. The average molecular weight is 263 g/mol. The van der Waals surface area contributed by atoms with Crippen molar-refractivity contribution >= 4 is 29.0 Å². The minimum Gasteiger partial charge on any atom is -0.300 e. The first-order chi connectivity index (χ1) is 7.56. The Morgan fingerprint density at radius 3 is 2.75 bits per heavy atom. The fourth-order valence-corrected chi connectivity index (χ4v) is 2.01. The van der Waals surface area contributed by atoms with Crippen LogP contribution in [0.25, 0.3) is 0 Å². The van der Waals surface area contributed by atoms with E-state index >= 15 is 0 Å². The lowest BCUT2D eigenvalue weighted by Gasteiger charge is -2.13. The lowest BCUT2D eigenvalue weighted by molar-refractivity contribution is -0.120. The van der Waals surface area contributed by atoms with Gasteiger partial charge in [0.15, 0.2) is 0 Å². The van der Waals surface area contributed by atoms with Crippen LogP contribution in [-0.4, -0.2) is 11.7 Å². The number of alkyl halides is 1. The summed E-state index contributed by atoms with van der Waals surface area (Å²) in [5, 5.41) is 0.0886. The van der Waals surface area contributed by atoms with Crippen LogP contribution in [0.15, 0.2) is 18.2 Å². The standard InChI is InChI=1S/C12H13Cl2FO/c1-8(16)9(5-6-13)7-10-3-2-4-11(14)12(10)15/h2-4,9H,5-7H2,1H3. The van der Waals surface area contributed by atoms with Crippen LogP contribution >= 0.6 is 23.2 Å². The van der Waals surface area contributed by atoms with Crippen molar-refractivity contribution in [2.45, 2.75) is 19.8 Å². The molecule has 1 nitrogen and oxygen atoms in total. The van der Waals surface area contributed by atoms with Gasteiger partial charge in [0.05, 0.1) is 5.02 Å². The van der Waals surface area contributed by atoms with E-state index in [9.17, 15) is 9.18 Å². The Morgan fingerprint density at radius 1 is 1.50 bits per heavy atom. The summed E-state index contributed by atoms with van der Waals surface area (Å²) < 4.78 is 13.6. The molecule has 0 aliphatic carbocycles. The molecule has 0 aliphatic rings. The van der Waals surface area contributed by atoms with Gasteiger partial charge in [0, 0.05) is 11.8 Å². The van der Waals surface area contributed by atoms with Crippen LogP contribution < -0.4 is 0 Å². The topological polar surface area (TPSA) is 17.1 Å². The third-order valence-electron chi connectivity index (χ3n) is 2.53. The molecule has 1 aromatic carbocycles. The molecule has 0 radical (unpaired) electrons. The summed E-state index contributed by atoms with van der Waals surface area (Å²) in [7, 11) is 0. The Bertz CT molecular complexity index is 379. The average Bonchev–Trinajstić information content (AvgIpc) is 2.23. The summed E-state index contributed by atoms with van der Waals surface area (Å²) in [5.41, 5.74) is 0.470. The molecular formula is C12H13Cl2FO. The zero-order valence-corrected chi connectivity index (χ0v) is 10.5. The van der Waals surface area contributed by atoms with E-state index in [4.69, 9.17) is 23.2 Å². The second-order valence-corrected chi connectivity index (χ2v) is 4.49. The molecule has 1 unspecified atom stereocenters. The van der Waals surface area contributed by atoms with Crippen molar-refractivity contribution in [3.05, 3.63) is 34.6 Å². The maximum Gasteiger partial charge on any atom is 0.144 e. The van der Waals surface area contributed by atoms with Crippen LogP contribution in [0.5, 0.6) is 0 Å². The van der Waals surface area contributed by atoms with Gasteiger partial charge in [-0.25, -0.2) is 4.39 Å². The summed E-state index contributed by atoms with van der Waals surface area (Å²) in [6.07, 6.45) is 0.914. The summed E-state index contributed by atoms with van der Waals surface area (Å²) >= 11 is 11.3. The van der Waals surface area contributed by atoms with E-state index in [1.165, 1.54) is 13.0 Å². The van der Waals surface area contributed by atoms with Crippen molar-refractivity contribution in [2.75, 3.05) is 5.88 Å². The molecule has 0 spiro atoms. The van der Waals surface area contributed by atoms with E-state index in [1.807, 2.05) is 0 Å². The molecule has 88 valence electrons. The predicted octanol–water partition coefficient (Wildman–Crippen LogP) is 3.86. The molecule has 0 amide bonds. The Kier molecular flexibility index (Phi) is 5.23. The molecule has 16 heavy (non-hydrogen) atoms. The first-order valence-corrected chi connectivity index (χ1v) is 5.96. The molecule has 0 aliphatic heterocycles. The molecule has 0 saturated carbocycles. The predicted molar refractivity (Wildman–Crippen MR) is 64.6 cm³/mol. The van der Waals surface area contributed by atoms with Crippen LogP contribution in [0.4, 0.5) is 4.39 Å². The molecule has 0 aromatic heterocycles. The molecule has 1 atom stereocenters. The SMILES string of the molecule is CC(=O)C(CCCl)Cc1cccc(Cl)c1F. The van der Waals surface area contributed by atoms with E-state index in [0.29, 0.717) is 24.3 Å². The van der Waals surface area contributed by atoms with Crippen molar-refractivity contribution in [1.29, 1.82) is 0 Å². The van der Waals surface area contributed by atoms with E-state index in [0.717, 1.165) is 0 Å². The van der Waals surface area contributed by atoms with Gasteiger partial charge >= 0.3 is 0 Å². The van der Waals surface area contributed by atoms with Gasteiger partial charge in [-0.05, 0) is 31.4 Å². The molecule has 0 N–H and O–H groups in total. The Hall–Kier alpha value is -0.600. The third-order valence-corrected chi connectivity index (χ3v) is 3.04. The van der Waals surface area contributed by atoms with Crippen LogP contribution in [0.2, 0.25) is 5.02 Å². The number of halogens is 3.